The van der Waals surface area contributed by atoms with Crippen LogP contribution in [-0.2, 0) is 10.2 Å². The van der Waals surface area contributed by atoms with E-state index in [0.29, 0.717) is 17.9 Å². The molecular weight excluding hydrogens is 258 g/mol. The standard InChI is InChI=1S/C19H31NO/c1-7-19(5,6)16-10-8-15(9-11-16)18(20)17-12(2)13(3)21-14(17)4/h8-14,17-18H,7,20H2,1-6H3. The highest BCUT2D eigenvalue weighted by molar-refractivity contribution is 5.30. The molecule has 0 radical (unpaired) electrons. The van der Waals surface area contributed by atoms with E-state index in [2.05, 4.69) is 65.8 Å². The predicted octanol–water partition coefficient (Wildman–Crippen LogP) is 4.43. The summed E-state index contributed by atoms with van der Waals surface area (Å²) in [5.41, 5.74) is 9.40. The maximum absolute atomic E-state index is 6.55. The summed E-state index contributed by atoms with van der Waals surface area (Å²) in [7, 11) is 0. The van der Waals surface area contributed by atoms with Gasteiger partial charge in [0.2, 0.25) is 0 Å². The van der Waals surface area contributed by atoms with Gasteiger partial charge in [0.15, 0.2) is 0 Å². The molecule has 1 aliphatic heterocycles. The van der Waals surface area contributed by atoms with Gasteiger partial charge < -0.3 is 10.5 Å². The SMILES string of the molecule is CCC(C)(C)c1ccc(C(N)C2C(C)OC(C)C2C)cc1. The highest BCUT2D eigenvalue weighted by Crippen LogP contribution is 2.39. The molecule has 21 heavy (non-hydrogen) atoms. The largest absolute Gasteiger partial charge is 0.375 e. The number of nitrogens with two attached hydrogens (primary N) is 1. The summed E-state index contributed by atoms with van der Waals surface area (Å²) in [6, 6.07) is 8.96. The molecule has 2 nitrogen and oxygen atoms in total. The van der Waals surface area contributed by atoms with Crippen LogP contribution in [0.5, 0.6) is 0 Å². The maximum Gasteiger partial charge on any atom is 0.0600 e. The lowest BCUT2D eigenvalue weighted by Crippen LogP contribution is -2.30. The third-order valence-corrected chi connectivity index (χ3v) is 5.69. The van der Waals surface area contributed by atoms with Gasteiger partial charge in [0.25, 0.3) is 0 Å². The summed E-state index contributed by atoms with van der Waals surface area (Å²) in [4.78, 5) is 0. The van der Waals surface area contributed by atoms with Crippen LogP contribution >= 0.6 is 0 Å². The van der Waals surface area contributed by atoms with Crippen molar-refractivity contribution in [3.63, 3.8) is 0 Å². The second-order valence-electron chi connectivity index (χ2n) is 7.37. The highest BCUT2D eigenvalue weighted by Gasteiger charge is 2.40. The van der Waals surface area contributed by atoms with Gasteiger partial charge in [-0.3, -0.25) is 0 Å². The van der Waals surface area contributed by atoms with Crippen LogP contribution in [0.15, 0.2) is 24.3 Å². The Labute approximate surface area is 130 Å². The zero-order valence-corrected chi connectivity index (χ0v) is 14.4. The molecule has 0 amide bonds. The fourth-order valence-corrected chi connectivity index (χ4v) is 3.50. The normalized spacial score (nSPS) is 31.4. The molecule has 0 aromatic heterocycles. The van der Waals surface area contributed by atoms with E-state index < -0.39 is 0 Å². The van der Waals surface area contributed by atoms with E-state index in [-0.39, 0.29) is 17.6 Å². The van der Waals surface area contributed by atoms with E-state index in [9.17, 15) is 0 Å². The van der Waals surface area contributed by atoms with Crippen LogP contribution in [0.4, 0.5) is 0 Å². The van der Waals surface area contributed by atoms with Crippen molar-refractivity contribution in [3.8, 4) is 0 Å². The van der Waals surface area contributed by atoms with Crippen molar-refractivity contribution in [2.24, 2.45) is 17.6 Å². The number of benzene rings is 1. The molecule has 0 saturated carbocycles. The predicted molar refractivity (Wildman–Crippen MR) is 89.4 cm³/mol. The van der Waals surface area contributed by atoms with Gasteiger partial charge in [0, 0.05) is 12.0 Å². The van der Waals surface area contributed by atoms with Crippen molar-refractivity contribution in [2.75, 3.05) is 0 Å². The Bertz CT molecular complexity index is 465. The van der Waals surface area contributed by atoms with Crippen LogP contribution in [0.2, 0.25) is 0 Å². The first-order chi connectivity index (χ1) is 9.77. The van der Waals surface area contributed by atoms with Crippen LogP contribution in [0.25, 0.3) is 0 Å². The summed E-state index contributed by atoms with van der Waals surface area (Å²) >= 11 is 0. The molecule has 1 aromatic rings. The monoisotopic (exact) mass is 289 g/mol. The number of rotatable bonds is 4. The van der Waals surface area contributed by atoms with Gasteiger partial charge in [-0.05, 0) is 42.7 Å². The highest BCUT2D eigenvalue weighted by atomic mass is 16.5. The first-order valence-corrected chi connectivity index (χ1v) is 8.29. The molecule has 5 atom stereocenters. The molecule has 1 fully saturated rings. The minimum absolute atomic E-state index is 0.0544. The van der Waals surface area contributed by atoms with Crippen molar-refractivity contribution < 1.29 is 4.74 Å². The molecule has 1 heterocycles. The second-order valence-corrected chi connectivity index (χ2v) is 7.37. The van der Waals surface area contributed by atoms with E-state index in [4.69, 9.17) is 10.5 Å². The Kier molecular flexibility index (Phi) is 4.79. The fraction of sp³-hybridized carbons (Fsp3) is 0.684. The Morgan fingerprint density at radius 1 is 1.10 bits per heavy atom. The van der Waals surface area contributed by atoms with E-state index in [1.165, 1.54) is 11.1 Å². The quantitative estimate of drug-likeness (QED) is 0.889. The minimum Gasteiger partial charge on any atom is -0.375 e. The third-order valence-electron chi connectivity index (χ3n) is 5.69. The van der Waals surface area contributed by atoms with Crippen LogP contribution in [0.1, 0.15) is 65.1 Å². The van der Waals surface area contributed by atoms with Crippen LogP contribution in [0, 0.1) is 11.8 Å². The average molecular weight is 289 g/mol. The van der Waals surface area contributed by atoms with Crippen LogP contribution in [0.3, 0.4) is 0 Å². The fourth-order valence-electron chi connectivity index (χ4n) is 3.50. The Morgan fingerprint density at radius 2 is 1.67 bits per heavy atom. The lowest BCUT2D eigenvalue weighted by atomic mass is 9.79. The van der Waals surface area contributed by atoms with Crippen molar-refractivity contribution in [1.82, 2.24) is 0 Å². The topological polar surface area (TPSA) is 35.2 Å². The van der Waals surface area contributed by atoms with E-state index in [0.717, 1.165) is 6.42 Å². The molecule has 2 heteroatoms. The molecule has 2 rings (SSSR count). The second kappa shape index (κ2) is 6.10. The zero-order chi connectivity index (χ0) is 15.8. The Hall–Kier alpha value is -0.860. The van der Waals surface area contributed by atoms with E-state index >= 15 is 0 Å². The molecular formula is C19H31NO. The average Bonchev–Trinajstić information content (AvgIpc) is 2.71. The summed E-state index contributed by atoms with van der Waals surface area (Å²) in [6.45, 7) is 13.4. The van der Waals surface area contributed by atoms with Gasteiger partial charge in [-0.1, -0.05) is 52.0 Å². The van der Waals surface area contributed by atoms with E-state index in [1.54, 1.807) is 0 Å². The third kappa shape index (κ3) is 3.17. The molecule has 0 bridgehead atoms. The van der Waals surface area contributed by atoms with Crippen LogP contribution in [-0.4, -0.2) is 12.2 Å². The maximum atomic E-state index is 6.55. The minimum atomic E-state index is 0.0544. The Morgan fingerprint density at radius 3 is 2.10 bits per heavy atom. The molecule has 1 aromatic carbocycles. The lowest BCUT2D eigenvalue weighted by Gasteiger charge is -2.28. The zero-order valence-electron chi connectivity index (χ0n) is 14.4. The summed E-state index contributed by atoms with van der Waals surface area (Å²) < 4.78 is 5.94. The van der Waals surface area contributed by atoms with Crippen molar-refractivity contribution in [1.29, 1.82) is 0 Å². The van der Waals surface area contributed by atoms with Gasteiger partial charge in [-0.2, -0.15) is 0 Å². The van der Waals surface area contributed by atoms with Gasteiger partial charge in [-0.25, -0.2) is 0 Å². The van der Waals surface area contributed by atoms with Gasteiger partial charge >= 0.3 is 0 Å². The molecule has 0 aliphatic carbocycles. The number of ether oxygens (including phenoxy) is 1. The summed E-state index contributed by atoms with van der Waals surface area (Å²) in [5.74, 6) is 0.895. The van der Waals surface area contributed by atoms with Gasteiger partial charge in [0.05, 0.1) is 12.2 Å². The summed E-state index contributed by atoms with van der Waals surface area (Å²) in [6.07, 6.45) is 1.67. The molecule has 1 aliphatic rings. The number of hydrogen-bond donors (Lipinski definition) is 1. The molecule has 0 spiro atoms. The molecule has 2 N–H and O–H groups in total. The van der Waals surface area contributed by atoms with Crippen LogP contribution < -0.4 is 5.73 Å². The Balaban J connectivity index is 2.19. The first-order valence-electron chi connectivity index (χ1n) is 8.29. The molecule has 1 saturated heterocycles. The first kappa shape index (κ1) is 16.5. The smallest absolute Gasteiger partial charge is 0.0600 e. The van der Waals surface area contributed by atoms with Gasteiger partial charge in [-0.15, -0.1) is 0 Å². The van der Waals surface area contributed by atoms with E-state index in [1.807, 2.05) is 0 Å². The lowest BCUT2D eigenvalue weighted by molar-refractivity contribution is 0.0489. The summed E-state index contributed by atoms with van der Waals surface area (Å²) in [5, 5.41) is 0. The number of hydrogen-bond acceptors (Lipinski definition) is 2. The molecule has 5 unspecified atom stereocenters. The van der Waals surface area contributed by atoms with Crippen molar-refractivity contribution in [2.45, 2.75) is 71.6 Å². The molecule has 118 valence electrons. The van der Waals surface area contributed by atoms with Crippen molar-refractivity contribution in [3.05, 3.63) is 35.4 Å². The van der Waals surface area contributed by atoms with Crippen molar-refractivity contribution >= 4 is 0 Å². The van der Waals surface area contributed by atoms with Gasteiger partial charge in [0.1, 0.15) is 0 Å².